The van der Waals surface area contributed by atoms with Crippen molar-refractivity contribution in [1.82, 2.24) is 0 Å². The minimum atomic E-state index is -0.661. The predicted molar refractivity (Wildman–Crippen MR) is 72.5 cm³/mol. The topological polar surface area (TPSA) is 20.2 Å². The fourth-order valence-corrected chi connectivity index (χ4v) is 3.19. The van der Waals surface area contributed by atoms with Crippen molar-refractivity contribution in [2.24, 2.45) is 0 Å². The van der Waals surface area contributed by atoms with Crippen molar-refractivity contribution in [2.75, 3.05) is 0 Å². The summed E-state index contributed by atoms with van der Waals surface area (Å²) >= 11 is 16.4. The van der Waals surface area contributed by atoms with E-state index in [1.807, 2.05) is 0 Å². The van der Waals surface area contributed by atoms with E-state index < -0.39 is 6.10 Å². The minimum Gasteiger partial charge on any atom is -0.383 e. The van der Waals surface area contributed by atoms with Crippen LogP contribution in [0.5, 0.6) is 0 Å². The van der Waals surface area contributed by atoms with Crippen LogP contribution in [-0.2, 0) is 0 Å². The fraction of sp³-hybridized carbons (Fsp3) is 0.0909. The van der Waals surface area contributed by atoms with Crippen molar-refractivity contribution >= 4 is 50.5 Å². The summed E-state index contributed by atoms with van der Waals surface area (Å²) in [7, 11) is 0. The average molecular weight is 338 g/mol. The Hall–Kier alpha value is -0.0600. The second-order valence-corrected chi connectivity index (χ2v) is 6.47. The summed E-state index contributed by atoms with van der Waals surface area (Å²) in [6.45, 7) is 0. The van der Waals surface area contributed by atoms with E-state index in [0.717, 1.165) is 14.2 Å². The molecule has 5 heteroatoms. The van der Waals surface area contributed by atoms with Gasteiger partial charge in [-0.15, -0.1) is 11.3 Å². The minimum absolute atomic E-state index is 0.619. The van der Waals surface area contributed by atoms with Gasteiger partial charge in [-0.05, 0) is 39.7 Å². The standard InChI is InChI=1S/C11H7BrCl2OS/c12-11-8(14)5-9(16-11)10(15)6-1-3-7(13)4-2-6/h1-5,10,15H. The van der Waals surface area contributed by atoms with Gasteiger partial charge in [-0.25, -0.2) is 0 Å². The Labute approximate surface area is 116 Å². The molecular weight excluding hydrogens is 331 g/mol. The zero-order chi connectivity index (χ0) is 11.7. The Kier molecular flexibility index (Phi) is 3.93. The van der Waals surface area contributed by atoms with Crippen LogP contribution in [-0.4, -0.2) is 5.11 Å². The molecule has 1 atom stereocenters. The van der Waals surface area contributed by atoms with Gasteiger partial charge in [0, 0.05) is 9.90 Å². The van der Waals surface area contributed by atoms with Crippen LogP contribution >= 0.6 is 50.5 Å². The third-order valence-corrected chi connectivity index (χ3v) is 4.90. The molecule has 0 saturated heterocycles. The molecule has 1 unspecified atom stereocenters. The van der Waals surface area contributed by atoms with E-state index in [0.29, 0.717) is 10.0 Å². The third kappa shape index (κ3) is 2.60. The zero-order valence-corrected chi connectivity index (χ0v) is 11.9. The molecule has 2 rings (SSSR count). The van der Waals surface area contributed by atoms with Crippen LogP contribution < -0.4 is 0 Å². The van der Waals surface area contributed by atoms with Crippen LogP contribution in [0.15, 0.2) is 34.1 Å². The summed E-state index contributed by atoms with van der Waals surface area (Å²) in [4.78, 5) is 0.805. The number of benzene rings is 1. The maximum atomic E-state index is 10.1. The maximum Gasteiger partial charge on any atom is 0.113 e. The molecule has 0 spiro atoms. The lowest BCUT2D eigenvalue weighted by molar-refractivity contribution is 0.224. The molecule has 0 saturated carbocycles. The van der Waals surface area contributed by atoms with Crippen molar-refractivity contribution < 1.29 is 5.11 Å². The Bertz CT molecular complexity index is 476. The van der Waals surface area contributed by atoms with Crippen LogP contribution in [0, 0.1) is 0 Å². The number of aliphatic hydroxyl groups is 1. The quantitative estimate of drug-likeness (QED) is 0.826. The SMILES string of the molecule is OC(c1ccc(Cl)cc1)c1cc(Cl)c(Br)s1. The summed E-state index contributed by atoms with van der Waals surface area (Å²) in [5.74, 6) is 0. The molecule has 84 valence electrons. The normalized spacial score (nSPS) is 12.8. The van der Waals surface area contributed by atoms with Crippen molar-refractivity contribution in [3.05, 3.63) is 54.6 Å². The number of hydrogen-bond acceptors (Lipinski definition) is 2. The average Bonchev–Trinajstić information content (AvgIpc) is 2.59. The lowest BCUT2D eigenvalue weighted by Gasteiger charge is -2.08. The van der Waals surface area contributed by atoms with E-state index in [9.17, 15) is 5.11 Å². The zero-order valence-electron chi connectivity index (χ0n) is 7.95. The lowest BCUT2D eigenvalue weighted by Crippen LogP contribution is -1.96. The second-order valence-electron chi connectivity index (χ2n) is 3.22. The van der Waals surface area contributed by atoms with Crippen LogP contribution in [0.25, 0.3) is 0 Å². The van der Waals surface area contributed by atoms with Crippen molar-refractivity contribution in [3.8, 4) is 0 Å². The number of aliphatic hydroxyl groups excluding tert-OH is 1. The molecule has 1 aromatic carbocycles. The van der Waals surface area contributed by atoms with Gasteiger partial charge in [-0.2, -0.15) is 0 Å². The number of rotatable bonds is 2. The monoisotopic (exact) mass is 336 g/mol. The lowest BCUT2D eigenvalue weighted by atomic mass is 10.1. The molecule has 0 radical (unpaired) electrons. The highest BCUT2D eigenvalue weighted by Gasteiger charge is 2.14. The van der Waals surface area contributed by atoms with Crippen molar-refractivity contribution in [2.45, 2.75) is 6.10 Å². The molecule has 0 aliphatic heterocycles. The van der Waals surface area contributed by atoms with Crippen LogP contribution in [0.4, 0.5) is 0 Å². The van der Waals surface area contributed by atoms with E-state index in [1.165, 1.54) is 11.3 Å². The highest BCUT2D eigenvalue weighted by Crippen LogP contribution is 2.37. The molecule has 16 heavy (non-hydrogen) atoms. The predicted octanol–water partition coefficient (Wildman–Crippen LogP) is 4.90. The molecule has 0 aliphatic rings. The Morgan fingerprint density at radius 2 is 1.81 bits per heavy atom. The van der Waals surface area contributed by atoms with Gasteiger partial charge >= 0.3 is 0 Å². The van der Waals surface area contributed by atoms with Crippen LogP contribution in [0.3, 0.4) is 0 Å². The van der Waals surface area contributed by atoms with Crippen molar-refractivity contribution in [1.29, 1.82) is 0 Å². The van der Waals surface area contributed by atoms with Crippen LogP contribution in [0.1, 0.15) is 16.5 Å². The first-order valence-electron chi connectivity index (χ1n) is 4.46. The first-order valence-corrected chi connectivity index (χ1v) is 6.82. The van der Waals surface area contributed by atoms with Gasteiger partial charge in [0.25, 0.3) is 0 Å². The highest BCUT2D eigenvalue weighted by atomic mass is 79.9. The number of thiophene rings is 1. The maximum absolute atomic E-state index is 10.1. The molecule has 1 aromatic heterocycles. The molecule has 0 amide bonds. The summed E-state index contributed by atoms with van der Waals surface area (Å²) in [5.41, 5.74) is 0.801. The van der Waals surface area contributed by atoms with Crippen molar-refractivity contribution in [3.63, 3.8) is 0 Å². The van der Waals surface area contributed by atoms with Gasteiger partial charge < -0.3 is 5.11 Å². The summed E-state index contributed by atoms with van der Waals surface area (Å²) in [5, 5.41) is 11.4. The van der Waals surface area contributed by atoms with Gasteiger partial charge in [0.2, 0.25) is 0 Å². The first-order chi connectivity index (χ1) is 7.58. The van der Waals surface area contributed by atoms with Gasteiger partial charge in [0.15, 0.2) is 0 Å². The van der Waals surface area contributed by atoms with E-state index in [2.05, 4.69) is 15.9 Å². The summed E-state index contributed by atoms with van der Waals surface area (Å²) in [6, 6.07) is 8.87. The van der Waals surface area contributed by atoms with Crippen LogP contribution in [0.2, 0.25) is 10.0 Å². The third-order valence-electron chi connectivity index (χ3n) is 2.12. The molecule has 2 aromatic rings. The molecule has 0 aliphatic carbocycles. The molecule has 1 N–H and O–H groups in total. The fourth-order valence-electron chi connectivity index (χ4n) is 1.31. The number of hydrogen-bond donors (Lipinski definition) is 1. The molecule has 1 heterocycles. The molecular formula is C11H7BrCl2OS. The summed E-state index contributed by atoms with van der Waals surface area (Å²) in [6.07, 6.45) is -0.661. The smallest absolute Gasteiger partial charge is 0.113 e. The van der Waals surface area contributed by atoms with E-state index in [1.54, 1.807) is 30.3 Å². The largest absolute Gasteiger partial charge is 0.383 e. The van der Waals surface area contributed by atoms with Gasteiger partial charge in [-0.3, -0.25) is 0 Å². The summed E-state index contributed by atoms with van der Waals surface area (Å²) < 4.78 is 0.831. The Morgan fingerprint density at radius 1 is 1.19 bits per heavy atom. The van der Waals surface area contributed by atoms with E-state index in [4.69, 9.17) is 23.2 Å². The Morgan fingerprint density at radius 3 is 2.31 bits per heavy atom. The molecule has 0 fully saturated rings. The van der Waals surface area contributed by atoms with Gasteiger partial charge in [0.1, 0.15) is 6.10 Å². The first kappa shape index (κ1) is 12.4. The number of halogens is 3. The van der Waals surface area contributed by atoms with Gasteiger partial charge in [0.05, 0.1) is 8.81 Å². The molecule has 0 bridgehead atoms. The Balaban J connectivity index is 2.31. The molecule has 1 nitrogen and oxygen atoms in total. The highest BCUT2D eigenvalue weighted by molar-refractivity contribution is 9.11. The van der Waals surface area contributed by atoms with E-state index >= 15 is 0 Å². The van der Waals surface area contributed by atoms with Gasteiger partial charge in [-0.1, -0.05) is 35.3 Å². The second kappa shape index (κ2) is 5.07. The van der Waals surface area contributed by atoms with E-state index in [-0.39, 0.29) is 0 Å².